The van der Waals surface area contributed by atoms with Crippen LogP contribution in [0.1, 0.15) is 16.1 Å². The third-order valence-corrected chi connectivity index (χ3v) is 5.57. The molecule has 0 saturated heterocycles. The summed E-state index contributed by atoms with van der Waals surface area (Å²) in [6, 6.07) is 15.0. The molecule has 4 aromatic rings. The molecule has 0 aliphatic heterocycles. The third kappa shape index (κ3) is 3.72. The van der Waals surface area contributed by atoms with E-state index in [1.807, 2.05) is 28.1 Å². The van der Waals surface area contributed by atoms with Crippen molar-refractivity contribution in [2.45, 2.75) is 6.54 Å². The summed E-state index contributed by atoms with van der Waals surface area (Å²) < 4.78 is 16.4. The van der Waals surface area contributed by atoms with Gasteiger partial charge in [-0.15, -0.1) is 11.3 Å². The molecule has 2 aromatic heterocycles. The molecule has 2 aromatic carbocycles. The normalized spacial score (nSPS) is 11.1. The molecule has 3 nitrogen and oxygen atoms in total. The van der Waals surface area contributed by atoms with Gasteiger partial charge in [-0.2, -0.15) is 0 Å². The van der Waals surface area contributed by atoms with Crippen LogP contribution in [0.3, 0.4) is 0 Å². The van der Waals surface area contributed by atoms with Crippen molar-refractivity contribution >= 4 is 56.3 Å². The first-order chi connectivity index (χ1) is 13.0. The van der Waals surface area contributed by atoms with Gasteiger partial charge in [0.2, 0.25) is 0 Å². The van der Waals surface area contributed by atoms with Crippen molar-refractivity contribution in [3.63, 3.8) is 0 Å². The molecule has 0 unspecified atom stereocenters. The highest BCUT2D eigenvalue weighted by molar-refractivity contribution is 7.17. The van der Waals surface area contributed by atoms with E-state index in [4.69, 9.17) is 23.2 Å². The Balaban J connectivity index is 1.70. The van der Waals surface area contributed by atoms with E-state index in [1.165, 1.54) is 12.1 Å². The zero-order chi connectivity index (χ0) is 19.0. The fourth-order valence-corrected chi connectivity index (χ4v) is 4.21. The van der Waals surface area contributed by atoms with Gasteiger partial charge in [0.25, 0.3) is 5.91 Å². The van der Waals surface area contributed by atoms with Crippen LogP contribution in [-0.2, 0) is 6.54 Å². The fourth-order valence-electron chi connectivity index (χ4n) is 2.93. The number of thiophene rings is 1. The highest BCUT2D eigenvalue weighted by Crippen LogP contribution is 2.29. The van der Waals surface area contributed by atoms with Crippen LogP contribution in [0.4, 0.5) is 10.1 Å². The van der Waals surface area contributed by atoms with Crippen LogP contribution in [-0.4, -0.2) is 10.5 Å². The predicted molar refractivity (Wildman–Crippen MR) is 110 cm³/mol. The number of amides is 1. The van der Waals surface area contributed by atoms with E-state index in [-0.39, 0.29) is 11.7 Å². The number of aromatic nitrogens is 1. The predicted octanol–water partition coefficient (Wildman–Crippen LogP) is 6.45. The maximum absolute atomic E-state index is 13.6. The first kappa shape index (κ1) is 18.0. The number of carbonyl (C=O) groups is 1. The molecule has 0 saturated carbocycles. The number of nitrogens with one attached hydrogen (secondary N) is 1. The van der Waals surface area contributed by atoms with E-state index in [1.54, 1.807) is 35.6 Å². The maximum Gasteiger partial charge on any atom is 0.272 e. The Morgan fingerprint density at radius 3 is 2.74 bits per heavy atom. The maximum atomic E-state index is 13.6. The molecule has 1 N–H and O–H groups in total. The smallest absolute Gasteiger partial charge is 0.272 e. The molecule has 7 heteroatoms. The first-order valence-electron chi connectivity index (χ1n) is 8.09. The number of fused-ring (bicyclic) bond motifs is 1. The second-order valence-corrected chi connectivity index (χ2v) is 7.79. The summed E-state index contributed by atoms with van der Waals surface area (Å²) in [4.78, 5) is 12.9. The number of halogens is 3. The molecule has 136 valence electrons. The summed E-state index contributed by atoms with van der Waals surface area (Å²) in [5.74, 6) is -0.598. The lowest BCUT2D eigenvalue weighted by atomic mass is 10.2. The van der Waals surface area contributed by atoms with Crippen molar-refractivity contribution in [3.05, 3.63) is 87.1 Å². The van der Waals surface area contributed by atoms with Gasteiger partial charge in [-0.25, -0.2) is 4.39 Å². The summed E-state index contributed by atoms with van der Waals surface area (Å²) in [6.07, 6.45) is 0. The van der Waals surface area contributed by atoms with Gasteiger partial charge in [0.15, 0.2) is 0 Å². The minimum Gasteiger partial charge on any atom is -0.331 e. The Labute approximate surface area is 169 Å². The molecule has 4 rings (SSSR count). The second kappa shape index (κ2) is 7.35. The molecule has 0 bridgehead atoms. The summed E-state index contributed by atoms with van der Waals surface area (Å²) >= 11 is 13.6. The van der Waals surface area contributed by atoms with Gasteiger partial charge in [0.1, 0.15) is 11.5 Å². The zero-order valence-corrected chi connectivity index (χ0v) is 16.2. The van der Waals surface area contributed by atoms with E-state index in [0.717, 1.165) is 15.8 Å². The average Bonchev–Trinajstić information content (AvgIpc) is 3.20. The van der Waals surface area contributed by atoms with Gasteiger partial charge < -0.3 is 9.88 Å². The lowest BCUT2D eigenvalue weighted by molar-refractivity contribution is 0.101. The highest BCUT2D eigenvalue weighted by atomic mass is 35.5. The number of nitrogens with zero attached hydrogens (tertiary/aromatic N) is 1. The molecule has 0 atom stereocenters. The SMILES string of the molecule is O=C(Nc1ccc(Cl)cc1Cl)c1cc2sccc2n1Cc1cccc(F)c1. The number of benzene rings is 2. The van der Waals surface area contributed by atoms with Gasteiger partial charge in [-0.3, -0.25) is 4.79 Å². The summed E-state index contributed by atoms with van der Waals surface area (Å²) in [7, 11) is 0. The minimum absolute atomic E-state index is 0.293. The Hall–Kier alpha value is -2.34. The molecule has 0 aliphatic carbocycles. The standard InChI is InChI=1S/C20H13Cl2FN2OS/c21-13-4-5-16(15(22)9-13)24-20(26)18-10-19-17(6-7-27-19)25(18)11-12-2-1-3-14(23)8-12/h1-10H,11H2,(H,24,26). The minimum atomic E-state index is -0.305. The number of anilines is 1. The Morgan fingerprint density at radius 1 is 1.11 bits per heavy atom. The van der Waals surface area contributed by atoms with E-state index in [2.05, 4.69) is 5.32 Å². The Morgan fingerprint density at radius 2 is 1.96 bits per heavy atom. The average molecular weight is 419 g/mol. The molecule has 2 heterocycles. The number of hydrogen-bond acceptors (Lipinski definition) is 2. The number of carbonyl (C=O) groups excluding carboxylic acids is 1. The van der Waals surface area contributed by atoms with E-state index < -0.39 is 0 Å². The number of rotatable bonds is 4. The monoisotopic (exact) mass is 418 g/mol. The van der Waals surface area contributed by atoms with Gasteiger partial charge in [-0.1, -0.05) is 35.3 Å². The van der Waals surface area contributed by atoms with E-state index in [9.17, 15) is 9.18 Å². The summed E-state index contributed by atoms with van der Waals surface area (Å²) in [6.45, 7) is 0.384. The van der Waals surface area contributed by atoms with Crippen LogP contribution in [0.5, 0.6) is 0 Å². The quantitative estimate of drug-likeness (QED) is 0.405. The van der Waals surface area contributed by atoms with Crippen molar-refractivity contribution in [1.82, 2.24) is 4.57 Å². The first-order valence-corrected chi connectivity index (χ1v) is 9.72. The highest BCUT2D eigenvalue weighted by Gasteiger charge is 2.18. The van der Waals surface area contributed by atoms with Crippen molar-refractivity contribution in [1.29, 1.82) is 0 Å². The zero-order valence-electron chi connectivity index (χ0n) is 13.9. The van der Waals surface area contributed by atoms with Crippen LogP contribution >= 0.6 is 34.5 Å². The second-order valence-electron chi connectivity index (χ2n) is 5.99. The Bertz CT molecular complexity index is 1150. The topological polar surface area (TPSA) is 34.0 Å². The van der Waals surface area contributed by atoms with E-state index >= 15 is 0 Å². The van der Waals surface area contributed by atoms with Crippen molar-refractivity contribution in [2.75, 3.05) is 5.32 Å². The molecular formula is C20H13Cl2FN2OS. The van der Waals surface area contributed by atoms with Crippen LogP contribution in [0.25, 0.3) is 10.2 Å². The van der Waals surface area contributed by atoms with Crippen LogP contribution in [0, 0.1) is 5.82 Å². The molecule has 0 fully saturated rings. The molecule has 27 heavy (non-hydrogen) atoms. The van der Waals surface area contributed by atoms with Gasteiger partial charge >= 0.3 is 0 Å². The van der Waals surface area contributed by atoms with Crippen LogP contribution < -0.4 is 5.32 Å². The van der Waals surface area contributed by atoms with Gasteiger partial charge in [0.05, 0.1) is 20.9 Å². The Kier molecular flexibility index (Phi) is 4.91. The van der Waals surface area contributed by atoms with Gasteiger partial charge in [0, 0.05) is 11.6 Å². The van der Waals surface area contributed by atoms with Crippen molar-refractivity contribution in [3.8, 4) is 0 Å². The van der Waals surface area contributed by atoms with Crippen molar-refractivity contribution < 1.29 is 9.18 Å². The van der Waals surface area contributed by atoms with Gasteiger partial charge in [-0.05, 0) is 53.4 Å². The lowest BCUT2D eigenvalue weighted by Crippen LogP contribution is -2.17. The summed E-state index contributed by atoms with van der Waals surface area (Å²) in [5.41, 5.74) is 2.66. The number of hydrogen-bond donors (Lipinski definition) is 1. The lowest BCUT2D eigenvalue weighted by Gasteiger charge is -2.12. The molecule has 0 spiro atoms. The van der Waals surface area contributed by atoms with Crippen LogP contribution in [0.15, 0.2) is 60.0 Å². The summed E-state index contributed by atoms with van der Waals surface area (Å²) in [5, 5.41) is 5.64. The molecule has 1 amide bonds. The molecule has 0 radical (unpaired) electrons. The third-order valence-electron chi connectivity index (χ3n) is 4.16. The molecular weight excluding hydrogens is 406 g/mol. The van der Waals surface area contributed by atoms with Crippen molar-refractivity contribution in [2.24, 2.45) is 0 Å². The fraction of sp³-hybridized carbons (Fsp3) is 0.0500. The molecule has 0 aliphatic rings. The van der Waals surface area contributed by atoms with Crippen LogP contribution in [0.2, 0.25) is 10.0 Å². The van der Waals surface area contributed by atoms with E-state index in [0.29, 0.717) is 28.0 Å². The largest absolute Gasteiger partial charge is 0.331 e.